The Morgan fingerprint density at radius 1 is 1.38 bits per heavy atom. The van der Waals surface area contributed by atoms with Crippen LogP contribution in [0.4, 0.5) is 4.79 Å². The Hall–Kier alpha value is -1.97. The molecule has 0 aliphatic rings. The third kappa shape index (κ3) is 3.31. The number of amides is 1. The first-order chi connectivity index (χ1) is 7.67. The predicted octanol–water partition coefficient (Wildman–Crippen LogP) is 2.66. The summed E-state index contributed by atoms with van der Waals surface area (Å²) in [6, 6.07) is 6.90. The smallest absolute Gasteiger partial charge is 0.418 e. The van der Waals surface area contributed by atoms with Crippen molar-refractivity contribution in [3.63, 3.8) is 0 Å². The maximum absolute atomic E-state index is 11.5. The van der Waals surface area contributed by atoms with Crippen molar-refractivity contribution in [3.05, 3.63) is 36.5 Å². The summed E-state index contributed by atoms with van der Waals surface area (Å²) in [5.41, 5.74) is 0. The van der Waals surface area contributed by atoms with Crippen LogP contribution in [0.25, 0.3) is 0 Å². The normalized spacial score (nSPS) is 10.2. The second-order valence-corrected chi connectivity index (χ2v) is 3.14. The zero-order valence-electron chi connectivity index (χ0n) is 9.64. The summed E-state index contributed by atoms with van der Waals surface area (Å²) in [7, 11) is 3.19. The highest BCUT2D eigenvalue weighted by Gasteiger charge is 2.08. The minimum Gasteiger partial charge on any atom is -0.497 e. The minimum absolute atomic E-state index is 0.439. The lowest BCUT2D eigenvalue weighted by Gasteiger charge is -2.12. The van der Waals surface area contributed by atoms with Crippen molar-refractivity contribution in [3.8, 4) is 11.5 Å². The number of carbonyl (C=O) groups is 1. The second-order valence-electron chi connectivity index (χ2n) is 3.14. The number of ether oxygens (including phenoxy) is 2. The topological polar surface area (TPSA) is 38.8 Å². The molecule has 0 spiro atoms. The summed E-state index contributed by atoms with van der Waals surface area (Å²) in [6.45, 7) is 1.83. The highest BCUT2D eigenvalue weighted by atomic mass is 16.6. The molecule has 0 N–H and O–H groups in total. The molecule has 1 aromatic carbocycles. The van der Waals surface area contributed by atoms with E-state index in [0.717, 1.165) is 0 Å². The summed E-state index contributed by atoms with van der Waals surface area (Å²) < 4.78 is 10.2. The lowest BCUT2D eigenvalue weighted by atomic mass is 10.3. The number of hydrogen-bond donors (Lipinski definition) is 0. The van der Waals surface area contributed by atoms with Gasteiger partial charge in [0.15, 0.2) is 0 Å². The van der Waals surface area contributed by atoms with E-state index in [-0.39, 0.29) is 0 Å². The van der Waals surface area contributed by atoms with Gasteiger partial charge in [-0.05, 0) is 19.1 Å². The molecule has 0 aliphatic carbocycles. The Balaban J connectivity index is 2.69. The summed E-state index contributed by atoms with van der Waals surface area (Å²) in [5.74, 6) is 1.11. The Morgan fingerprint density at radius 3 is 2.69 bits per heavy atom. The molecular weight excluding hydrogens is 206 g/mol. The van der Waals surface area contributed by atoms with E-state index in [1.165, 1.54) is 4.90 Å². The van der Waals surface area contributed by atoms with Gasteiger partial charge in [-0.25, -0.2) is 4.79 Å². The molecule has 0 aliphatic heterocycles. The zero-order chi connectivity index (χ0) is 12.0. The molecule has 4 nitrogen and oxygen atoms in total. The van der Waals surface area contributed by atoms with Gasteiger partial charge in [0.2, 0.25) is 0 Å². The molecule has 0 heterocycles. The molecule has 0 aromatic heterocycles. The first-order valence-electron chi connectivity index (χ1n) is 4.89. The fourth-order valence-electron chi connectivity index (χ4n) is 1.12. The molecular formula is C12H15NO3. The van der Waals surface area contributed by atoms with E-state index in [4.69, 9.17) is 9.47 Å². The lowest BCUT2D eigenvalue weighted by Crippen LogP contribution is -2.24. The Labute approximate surface area is 95.1 Å². The number of carbonyl (C=O) groups excluding carboxylic acids is 1. The molecule has 0 fully saturated rings. The first-order valence-corrected chi connectivity index (χ1v) is 4.89. The van der Waals surface area contributed by atoms with E-state index < -0.39 is 6.09 Å². The molecule has 0 saturated carbocycles. The van der Waals surface area contributed by atoms with Crippen LogP contribution >= 0.6 is 0 Å². The van der Waals surface area contributed by atoms with Crippen molar-refractivity contribution in [2.45, 2.75) is 6.92 Å². The standard InChI is InChI=1S/C12H15NO3/c1-4-8-13(2)12(14)16-11-7-5-6-10(9-11)15-3/h4-9H,1-3H3/b8-4+. The summed E-state index contributed by atoms with van der Waals surface area (Å²) in [5, 5.41) is 0. The summed E-state index contributed by atoms with van der Waals surface area (Å²) >= 11 is 0. The van der Waals surface area contributed by atoms with Gasteiger partial charge in [0.05, 0.1) is 7.11 Å². The van der Waals surface area contributed by atoms with Gasteiger partial charge in [0, 0.05) is 19.3 Å². The molecule has 1 aromatic rings. The highest BCUT2D eigenvalue weighted by Crippen LogP contribution is 2.19. The number of rotatable bonds is 3. The quantitative estimate of drug-likeness (QED) is 0.787. The highest BCUT2D eigenvalue weighted by molar-refractivity contribution is 5.71. The summed E-state index contributed by atoms with van der Waals surface area (Å²) in [6.07, 6.45) is 2.95. The van der Waals surface area contributed by atoms with Crippen molar-refractivity contribution in [2.24, 2.45) is 0 Å². The minimum atomic E-state index is -0.439. The van der Waals surface area contributed by atoms with Crippen LogP contribution in [0.1, 0.15) is 6.92 Å². The second kappa shape index (κ2) is 5.80. The van der Waals surface area contributed by atoms with E-state index in [1.807, 2.05) is 6.92 Å². The van der Waals surface area contributed by atoms with E-state index in [2.05, 4.69) is 0 Å². The van der Waals surface area contributed by atoms with Crippen LogP contribution in [0, 0.1) is 0 Å². The molecule has 0 bridgehead atoms. The van der Waals surface area contributed by atoms with Crippen LogP contribution in [0.5, 0.6) is 11.5 Å². The molecule has 1 rings (SSSR count). The van der Waals surface area contributed by atoms with Gasteiger partial charge in [0.1, 0.15) is 11.5 Å². The van der Waals surface area contributed by atoms with E-state index in [9.17, 15) is 4.79 Å². The fraction of sp³-hybridized carbons (Fsp3) is 0.250. The SMILES string of the molecule is C/C=C/N(C)C(=O)Oc1cccc(OC)c1. The Morgan fingerprint density at radius 2 is 2.06 bits per heavy atom. The monoisotopic (exact) mass is 221 g/mol. The van der Waals surface area contributed by atoms with E-state index >= 15 is 0 Å². The molecule has 0 saturated heterocycles. The molecule has 0 atom stereocenters. The molecule has 86 valence electrons. The first kappa shape index (κ1) is 12.1. The average Bonchev–Trinajstić information content (AvgIpc) is 2.29. The van der Waals surface area contributed by atoms with Crippen LogP contribution in [0.15, 0.2) is 36.5 Å². The van der Waals surface area contributed by atoms with E-state index in [1.54, 1.807) is 50.7 Å². The lowest BCUT2D eigenvalue weighted by molar-refractivity contribution is 0.177. The van der Waals surface area contributed by atoms with Crippen LogP contribution in [0.3, 0.4) is 0 Å². The van der Waals surface area contributed by atoms with Gasteiger partial charge in [-0.15, -0.1) is 0 Å². The Bertz CT molecular complexity index is 388. The largest absolute Gasteiger partial charge is 0.497 e. The van der Waals surface area contributed by atoms with Crippen molar-refractivity contribution in [2.75, 3.05) is 14.2 Å². The van der Waals surface area contributed by atoms with Gasteiger partial charge >= 0.3 is 6.09 Å². The summed E-state index contributed by atoms with van der Waals surface area (Å²) in [4.78, 5) is 12.9. The van der Waals surface area contributed by atoms with Crippen LogP contribution < -0.4 is 9.47 Å². The molecule has 16 heavy (non-hydrogen) atoms. The maximum Gasteiger partial charge on any atom is 0.418 e. The maximum atomic E-state index is 11.5. The number of allylic oxidation sites excluding steroid dienone is 1. The van der Waals surface area contributed by atoms with E-state index in [0.29, 0.717) is 11.5 Å². The Kier molecular flexibility index (Phi) is 4.39. The number of nitrogens with zero attached hydrogens (tertiary/aromatic N) is 1. The fourth-order valence-corrected chi connectivity index (χ4v) is 1.12. The van der Waals surface area contributed by atoms with Gasteiger partial charge in [-0.2, -0.15) is 0 Å². The van der Waals surface area contributed by atoms with Crippen LogP contribution in [-0.2, 0) is 0 Å². The van der Waals surface area contributed by atoms with Gasteiger partial charge in [0.25, 0.3) is 0 Å². The van der Waals surface area contributed by atoms with Crippen LogP contribution in [-0.4, -0.2) is 25.2 Å². The van der Waals surface area contributed by atoms with Crippen LogP contribution in [0.2, 0.25) is 0 Å². The zero-order valence-corrected chi connectivity index (χ0v) is 9.64. The van der Waals surface area contributed by atoms with Gasteiger partial charge in [-0.1, -0.05) is 12.1 Å². The predicted molar refractivity (Wildman–Crippen MR) is 61.6 cm³/mol. The van der Waals surface area contributed by atoms with Gasteiger partial charge < -0.3 is 9.47 Å². The number of hydrogen-bond acceptors (Lipinski definition) is 3. The third-order valence-electron chi connectivity index (χ3n) is 1.91. The van der Waals surface area contributed by atoms with Crippen molar-refractivity contribution in [1.82, 2.24) is 4.90 Å². The molecule has 1 amide bonds. The third-order valence-corrected chi connectivity index (χ3v) is 1.91. The molecule has 4 heteroatoms. The van der Waals surface area contributed by atoms with Crippen molar-refractivity contribution in [1.29, 1.82) is 0 Å². The number of methoxy groups -OCH3 is 1. The van der Waals surface area contributed by atoms with Crippen molar-refractivity contribution >= 4 is 6.09 Å². The molecule has 0 radical (unpaired) electrons. The van der Waals surface area contributed by atoms with Crippen molar-refractivity contribution < 1.29 is 14.3 Å². The average molecular weight is 221 g/mol. The molecule has 0 unspecified atom stereocenters. The number of benzene rings is 1. The van der Waals surface area contributed by atoms with Gasteiger partial charge in [-0.3, -0.25) is 4.90 Å².